The zero-order chi connectivity index (χ0) is 26.8. The van der Waals surface area contributed by atoms with Crippen molar-refractivity contribution in [1.82, 2.24) is 0 Å². The van der Waals surface area contributed by atoms with E-state index in [9.17, 15) is 29.4 Å². The van der Waals surface area contributed by atoms with Gasteiger partial charge in [0, 0.05) is 28.7 Å². The SMILES string of the molecule is CC(C)C(=O)C1C(C(=O)O)C(C(=O)Nc2ccc(Oc3ccc(NC(C)(C)C)cc3)cc2)C1C(=O)O. The third-order valence-electron chi connectivity index (χ3n) is 6.05. The van der Waals surface area contributed by atoms with Crippen LogP contribution in [0.25, 0.3) is 0 Å². The van der Waals surface area contributed by atoms with Gasteiger partial charge in [0.2, 0.25) is 5.91 Å². The van der Waals surface area contributed by atoms with Crippen LogP contribution in [0.4, 0.5) is 11.4 Å². The number of ketones is 1. The standard InChI is InChI=1S/C27H32N2O7/c1-14(2)23(30)19-21(25(32)33)20(22(19)26(34)35)24(31)28-15-6-10-17(11-7-15)36-18-12-8-16(9-13-18)29-27(3,4)5/h6-14,19-22,29H,1-5H3,(H,28,31)(H,32,33)(H,34,35). The van der Waals surface area contributed by atoms with E-state index in [1.165, 1.54) is 0 Å². The molecule has 0 radical (unpaired) electrons. The number of carbonyl (C=O) groups excluding carboxylic acids is 2. The van der Waals surface area contributed by atoms with E-state index in [1.807, 2.05) is 24.3 Å². The summed E-state index contributed by atoms with van der Waals surface area (Å²) in [7, 11) is 0. The lowest BCUT2D eigenvalue weighted by atomic mass is 9.53. The molecule has 2 aromatic carbocycles. The Labute approximate surface area is 209 Å². The van der Waals surface area contributed by atoms with Crippen molar-refractivity contribution in [2.45, 2.75) is 40.2 Å². The van der Waals surface area contributed by atoms with Gasteiger partial charge in [-0.05, 0) is 69.3 Å². The maximum Gasteiger partial charge on any atom is 0.308 e. The van der Waals surface area contributed by atoms with E-state index >= 15 is 0 Å². The highest BCUT2D eigenvalue weighted by Crippen LogP contribution is 2.48. The molecule has 0 saturated heterocycles. The molecular formula is C27H32N2O7. The molecule has 2 atom stereocenters. The molecule has 3 rings (SSSR count). The van der Waals surface area contributed by atoms with Crippen LogP contribution in [-0.4, -0.2) is 39.4 Å². The number of anilines is 2. The summed E-state index contributed by atoms with van der Waals surface area (Å²) >= 11 is 0. The summed E-state index contributed by atoms with van der Waals surface area (Å²) in [6, 6.07) is 13.9. The average Bonchev–Trinajstić information content (AvgIpc) is 2.74. The molecule has 1 amide bonds. The smallest absolute Gasteiger partial charge is 0.308 e. The van der Waals surface area contributed by atoms with E-state index in [0.29, 0.717) is 17.2 Å². The summed E-state index contributed by atoms with van der Waals surface area (Å²) in [5, 5.41) is 25.2. The topological polar surface area (TPSA) is 142 Å². The van der Waals surface area contributed by atoms with Gasteiger partial charge >= 0.3 is 11.9 Å². The summed E-state index contributed by atoms with van der Waals surface area (Å²) in [6.07, 6.45) is 0. The van der Waals surface area contributed by atoms with Crippen LogP contribution in [0.5, 0.6) is 11.5 Å². The van der Waals surface area contributed by atoms with Crippen molar-refractivity contribution >= 4 is 35.0 Å². The minimum Gasteiger partial charge on any atom is -0.481 e. The number of nitrogens with one attached hydrogen (secondary N) is 2. The van der Waals surface area contributed by atoms with Crippen molar-refractivity contribution in [2.24, 2.45) is 29.6 Å². The molecule has 9 nitrogen and oxygen atoms in total. The maximum atomic E-state index is 12.9. The van der Waals surface area contributed by atoms with Gasteiger partial charge in [-0.3, -0.25) is 19.2 Å². The lowest BCUT2D eigenvalue weighted by Gasteiger charge is -2.46. The fourth-order valence-electron chi connectivity index (χ4n) is 4.43. The molecule has 0 spiro atoms. The molecule has 2 aromatic rings. The number of ether oxygens (including phenoxy) is 1. The van der Waals surface area contributed by atoms with E-state index in [2.05, 4.69) is 31.4 Å². The molecule has 1 fully saturated rings. The number of hydrogen-bond acceptors (Lipinski definition) is 6. The number of benzene rings is 2. The molecular weight excluding hydrogens is 464 g/mol. The fourth-order valence-corrected chi connectivity index (χ4v) is 4.43. The van der Waals surface area contributed by atoms with Crippen LogP contribution in [0.2, 0.25) is 0 Å². The summed E-state index contributed by atoms with van der Waals surface area (Å²) in [5.74, 6) is -8.72. The average molecular weight is 497 g/mol. The summed E-state index contributed by atoms with van der Waals surface area (Å²) in [6.45, 7) is 9.35. The second-order valence-corrected chi connectivity index (χ2v) is 10.4. The summed E-state index contributed by atoms with van der Waals surface area (Å²) in [5.41, 5.74) is 1.24. The van der Waals surface area contributed by atoms with Crippen molar-refractivity contribution < 1.29 is 34.1 Å². The number of aliphatic carboxylic acids is 2. The van der Waals surface area contributed by atoms with Crippen molar-refractivity contribution in [3.63, 3.8) is 0 Å². The lowest BCUT2D eigenvalue weighted by molar-refractivity contribution is -0.180. The quantitative estimate of drug-likeness (QED) is 0.397. The minimum atomic E-state index is -1.39. The molecule has 0 heterocycles. The Morgan fingerprint density at radius 2 is 1.19 bits per heavy atom. The first-order valence-corrected chi connectivity index (χ1v) is 11.7. The monoisotopic (exact) mass is 496 g/mol. The Kier molecular flexibility index (Phi) is 7.71. The molecule has 1 saturated carbocycles. The van der Waals surface area contributed by atoms with Crippen LogP contribution in [0.15, 0.2) is 48.5 Å². The molecule has 0 bridgehead atoms. The number of carboxylic acid groups (broad SMARTS) is 2. The second-order valence-electron chi connectivity index (χ2n) is 10.4. The number of Topliss-reactive ketones (excluding diaryl/α,β-unsaturated/α-hetero) is 1. The minimum absolute atomic E-state index is 0.0675. The van der Waals surface area contributed by atoms with Crippen LogP contribution in [0, 0.1) is 29.6 Å². The van der Waals surface area contributed by atoms with Crippen molar-refractivity contribution in [1.29, 1.82) is 0 Å². The molecule has 1 aliphatic carbocycles. The Morgan fingerprint density at radius 1 is 0.750 bits per heavy atom. The van der Waals surface area contributed by atoms with Crippen LogP contribution in [0.1, 0.15) is 34.6 Å². The Balaban J connectivity index is 1.68. The first-order chi connectivity index (χ1) is 16.8. The second kappa shape index (κ2) is 10.4. The number of amides is 1. The van der Waals surface area contributed by atoms with Gasteiger partial charge in [-0.2, -0.15) is 0 Å². The van der Waals surface area contributed by atoms with Crippen LogP contribution >= 0.6 is 0 Å². The molecule has 192 valence electrons. The highest BCUT2D eigenvalue weighted by molar-refractivity contribution is 6.04. The predicted octanol–water partition coefficient (Wildman–Crippen LogP) is 4.50. The van der Waals surface area contributed by atoms with E-state index in [0.717, 1.165) is 5.69 Å². The van der Waals surface area contributed by atoms with Gasteiger partial charge in [-0.1, -0.05) is 13.8 Å². The molecule has 1 aliphatic rings. The van der Waals surface area contributed by atoms with Crippen LogP contribution < -0.4 is 15.4 Å². The molecule has 0 aliphatic heterocycles. The van der Waals surface area contributed by atoms with Gasteiger partial charge in [0.05, 0.1) is 17.8 Å². The number of carbonyl (C=O) groups is 4. The van der Waals surface area contributed by atoms with E-state index < -0.39 is 53.2 Å². The number of hydrogen-bond donors (Lipinski definition) is 4. The van der Waals surface area contributed by atoms with Crippen molar-refractivity contribution in [3.05, 3.63) is 48.5 Å². The van der Waals surface area contributed by atoms with E-state index in [1.54, 1.807) is 38.1 Å². The van der Waals surface area contributed by atoms with Gasteiger partial charge in [-0.25, -0.2) is 0 Å². The Bertz CT molecular complexity index is 1110. The maximum absolute atomic E-state index is 12.9. The number of rotatable bonds is 9. The van der Waals surface area contributed by atoms with Gasteiger partial charge in [-0.15, -0.1) is 0 Å². The Morgan fingerprint density at radius 3 is 1.58 bits per heavy atom. The van der Waals surface area contributed by atoms with Crippen LogP contribution in [0.3, 0.4) is 0 Å². The zero-order valence-electron chi connectivity index (χ0n) is 20.9. The highest BCUT2D eigenvalue weighted by Gasteiger charge is 2.63. The zero-order valence-corrected chi connectivity index (χ0v) is 20.9. The van der Waals surface area contributed by atoms with Gasteiger partial charge in [0.15, 0.2) is 0 Å². The van der Waals surface area contributed by atoms with Gasteiger partial charge < -0.3 is 25.6 Å². The lowest BCUT2D eigenvalue weighted by Crippen LogP contribution is -2.61. The highest BCUT2D eigenvalue weighted by atomic mass is 16.5. The normalized spacial score (nSPS) is 21.3. The largest absolute Gasteiger partial charge is 0.481 e. The van der Waals surface area contributed by atoms with Crippen LogP contribution in [-0.2, 0) is 19.2 Å². The van der Waals surface area contributed by atoms with Gasteiger partial charge in [0.25, 0.3) is 0 Å². The molecule has 2 unspecified atom stereocenters. The first-order valence-electron chi connectivity index (χ1n) is 11.7. The van der Waals surface area contributed by atoms with Gasteiger partial charge in [0.1, 0.15) is 17.3 Å². The Hall–Kier alpha value is -3.88. The fraction of sp³-hybridized carbons (Fsp3) is 0.407. The number of carboxylic acids is 2. The van der Waals surface area contributed by atoms with E-state index in [-0.39, 0.29) is 5.54 Å². The first kappa shape index (κ1) is 26.7. The molecule has 9 heteroatoms. The molecule has 4 N–H and O–H groups in total. The molecule has 0 aromatic heterocycles. The summed E-state index contributed by atoms with van der Waals surface area (Å²) < 4.78 is 5.83. The third kappa shape index (κ3) is 6.02. The molecule has 36 heavy (non-hydrogen) atoms. The predicted molar refractivity (Wildman–Crippen MR) is 134 cm³/mol. The van der Waals surface area contributed by atoms with Crippen molar-refractivity contribution in [2.75, 3.05) is 10.6 Å². The van der Waals surface area contributed by atoms with E-state index in [4.69, 9.17) is 4.74 Å². The summed E-state index contributed by atoms with van der Waals surface area (Å²) in [4.78, 5) is 49.0. The van der Waals surface area contributed by atoms with Crippen molar-refractivity contribution in [3.8, 4) is 11.5 Å². The third-order valence-corrected chi connectivity index (χ3v) is 6.05.